The average Bonchev–Trinajstić information content (AvgIpc) is 2.67. The molecule has 0 aliphatic carbocycles. The van der Waals surface area contributed by atoms with Gasteiger partial charge in [-0.25, -0.2) is 0 Å². The zero-order valence-electron chi connectivity index (χ0n) is 11.4. The van der Waals surface area contributed by atoms with Crippen LogP contribution in [-0.2, 0) is 0 Å². The minimum absolute atomic E-state index is 0.181. The molecule has 0 saturated carbocycles. The van der Waals surface area contributed by atoms with E-state index >= 15 is 0 Å². The molecule has 1 aromatic carbocycles. The third kappa shape index (κ3) is 3.03. The molecule has 1 aliphatic rings. The highest BCUT2D eigenvalue weighted by Gasteiger charge is 2.17. The van der Waals surface area contributed by atoms with E-state index in [1.54, 1.807) is 0 Å². The van der Waals surface area contributed by atoms with Gasteiger partial charge in [0.15, 0.2) is 0 Å². The second kappa shape index (κ2) is 5.89. The Morgan fingerprint density at radius 1 is 1.11 bits per heavy atom. The van der Waals surface area contributed by atoms with E-state index in [1.165, 1.54) is 12.8 Å². The van der Waals surface area contributed by atoms with Gasteiger partial charge in [0.05, 0.1) is 0 Å². The van der Waals surface area contributed by atoms with Crippen LogP contribution < -0.4 is 4.90 Å². The van der Waals surface area contributed by atoms with Crippen molar-refractivity contribution in [2.24, 2.45) is 0 Å². The van der Waals surface area contributed by atoms with E-state index < -0.39 is 0 Å². The molecule has 3 heteroatoms. The third-order valence-electron chi connectivity index (χ3n) is 3.50. The van der Waals surface area contributed by atoms with Crippen molar-refractivity contribution >= 4 is 11.6 Å². The van der Waals surface area contributed by atoms with Crippen LogP contribution in [0.25, 0.3) is 0 Å². The molecule has 1 amide bonds. The van der Waals surface area contributed by atoms with Gasteiger partial charge >= 0.3 is 0 Å². The van der Waals surface area contributed by atoms with Crippen molar-refractivity contribution in [3.63, 3.8) is 0 Å². The summed E-state index contributed by atoms with van der Waals surface area (Å²) in [4.78, 5) is 16.5. The first-order valence-corrected chi connectivity index (χ1v) is 6.75. The van der Waals surface area contributed by atoms with Gasteiger partial charge in [-0.3, -0.25) is 4.79 Å². The molecule has 98 valence electrons. The maximum atomic E-state index is 12.4. The summed E-state index contributed by atoms with van der Waals surface area (Å²) >= 11 is 0. The Kier molecular flexibility index (Phi) is 4.24. The van der Waals surface area contributed by atoms with Crippen molar-refractivity contribution in [1.29, 1.82) is 0 Å². The molecule has 0 atom stereocenters. The molecule has 1 heterocycles. The molecule has 2 rings (SSSR count). The molecule has 1 saturated heterocycles. The lowest BCUT2D eigenvalue weighted by Gasteiger charge is -2.21. The number of anilines is 1. The van der Waals surface area contributed by atoms with Crippen molar-refractivity contribution in [2.45, 2.75) is 25.7 Å². The van der Waals surface area contributed by atoms with Gasteiger partial charge in [0.2, 0.25) is 0 Å². The summed E-state index contributed by atoms with van der Waals surface area (Å²) in [5.41, 5.74) is 1.89. The summed E-state index contributed by atoms with van der Waals surface area (Å²) in [6.45, 7) is 1.82. The number of carbonyl (C=O) groups is 1. The first-order chi connectivity index (χ1) is 8.68. The van der Waals surface area contributed by atoms with Gasteiger partial charge in [-0.15, -0.1) is 0 Å². The monoisotopic (exact) mass is 246 g/mol. The van der Waals surface area contributed by atoms with Gasteiger partial charge in [0.1, 0.15) is 0 Å². The largest absolute Gasteiger partial charge is 0.378 e. The van der Waals surface area contributed by atoms with E-state index in [4.69, 9.17) is 0 Å². The average molecular weight is 246 g/mol. The fourth-order valence-electron chi connectivity index (χ4n) is 2.37. The molecule has 0 N–H and O–H groups in total. The molecule has 18 heavy (non-hydrogen) atoms. The second-order valence-corrected chi connectivity index (χ2v) is 5.15. The van der Waals surface area contributed by atoms with Crippen LogP contribution in [-0.4, -0.2) is 38.0 Å². The highest BCUT2D eigenvalue weighted by atomic mass is 16.2. The number of nitrogens with zero attached hydrogens (tertiary/aromatic N) is 2. The second-order valence-electron chi connectivity index (χ2n) is 5.15. The van der Waals surface area contributed by atoms with Crippen molar-refractivity contribution in [2.75, 3.05) is 32.1 Å². The Balaban J connectivity index is 2.14. The summed E-state index contributed by atoms with van der Waals surface area (Å²) in [6, 6.07) is 7.88. The van der Waals surface area contributed by atoms with Crippen LogP contribution in [0, 0.1) is 0 Å². The Labute approximate surface area is 109 Å². The maximum Gasteiger partial charge on any atom is 0.253 e. The molecule has 0 radical (unpaired) electrons. The predicted octanol–water partition coefficient (Wildman–Crippen LogP) is 2.77. The van der Waals surface area contributed by atoms with Crippen molar-refractivity contribution in [3.05, 3.63) is 29.8 Å². The Morgan fingerprint density at radius 3 is 2.39 bits per heavy atom. The van der Waals surface area contributed by atoms with Crippen LogP contribution in [0.2, 0.25) is 0 Å². The highest BCUT2D eigenvalue weighted by Crippen LogP contribution is 2.17. The number of hydrogen-bond acceptors (Lipinski definition) is 2. The Bertz CT molecular complexity index is 407. The van der Waals surface area contributed by atoms with E-state index in [9.17, 15) is 4.79 Å². The van der Waals surface area contributed by atoms with Gasteiger partial charge in [-0.05, 0) is 31.0 Å². The van der Waals surface area contributed by atoms with Crippen molar-refractivity contribution in [1.82, 2.24) is 4.90 Å². The molecule has 0 spiro atoms. The Hall–Kier alpha value is -1.51. The fraction of sp³-hybridized carbons (Fsp3) is 0.533. The molecular weight excluding hydrogens is 224 g/mol. The lowest BCUT2D eigenvalue weighted by Crippen LogP contribution is -2.31. The summed E-state index contributed by atoms with van der Waals surface area (Å²) in [6.07, 6.45) is 4.78. The minimum Gasteiger partial charge on any atom is -0.378 e. The Morgan fingerprint density at radius 2 is 1.78 bits per heavy atom. The van der Waals surface area contributed by atoms with Crippen LogP contribution in [0.1, 0.15) is 36.0 Å². The van der Waals surface area contributed by atoms with Crippen molar-refractivity contribution < 1.29 is 4.79 Å². The molecule has 0 unspecified atom stereocenters. The number of carbonyl (C=O) groups excluding carboxylic acids is 1. The summed E-state index contributed by atoms with van der Waals surface area (Å²) < 4.78 is 0. The minimum atomic E-state index is 0.181. The van der Waals surface area contributed by atoms with Gasteiger partial charge in [0.25, 0.3) is 5.91 Å². The van der Waals surface area contributed by atoms with Crippen LogP contribution in [0.3, 0.4) is 0 Å². The SMILES string of the molecule is CN(C)c1cccc(C(=O)N2CCCCCC2)c1. The predicted molar refractivity (Wildman–Crippen MR) is 75.1 cm³/mol. The standard InChI is InChI=1S/C15H22N2O/c1-16(2)14-9-7-8-13(12-14)15(18)17-10-5-3-4-6-11-17/h7-9,12H,3-6,10-11H2,1-2H3. The highest BCUT2D eigenvalue weighted by molar-refractivity contribution is 5.95. The smallest absolute Gasteiger partial charge is 0.253 e. The van der Waals surface area contributed by atoms with Crippen LogP contribution in [0.4, 0.5) is 5.69 Å². The zero-order valence-corrected chi connectivity index (χ0v) is 11.4. The van der Waals surface area contributed by atoms with E-state index in [0.29, 0.717) is 0 Å². The molecule has 1 fully saturated rings. The quantitative estimate of drug-likeness (QED) is 0.801. The molecule has 0 bridgehead atoms. The lowest BCUT2D eigenvalue weighted by molar-refractivity contribution is 0.0761. The van der Waals surface area contributed by atoms with Gasteiger partial charge < -0.3 is 9.80 Å². The maximum absolute atomic E-state index is 12.4. The fourth-order valence-corrected chi connectivity index (χ4v) is 2.37. The normalized spacial score (nSPS) is 16.2. The number of benzene rings is 1. The van der Waals surface area contributed by atoms with E-state index in [0.717, 1.165) is 37.2 Å². The van der Waals surface area contributed by atoms with E-state index in [2.05, 4.69) is 0 Å². The third-order valence-corrected chi connectivity index (χ3v) is 3.50. The van der Waals surface area contributed by atoms with Gasteiger partial charge in [-0.2, -0.15) is 0 Å². The molecular formula is C15H22N2O. The molecule has 3 nitrogen and oxygen atoms in total. The number of hydrogen-bond donors (Lipinski definition) is 0. The molecule has 1 aliphatic heterocycles. The van der Waals surface area contributed by atoms with E-state index in [1.807, 2.05) is 48.2 Å². The van der Waals surface area contributed by atoms with Crippen LogP contribution >= 0.6 is 0 Å². The molecule has 0 aromatic heterocycles. The first kappa shape index (κ1) is 12.9. The topological polar surface area (TPSA) is 23.6 Å². The van der Waals surface area contributed by atoms with Crippen LogP contribution in [0.15, 0.2) is 24.3 Å². The number of amides is 1. The summed E-state index contributed by atoms with van der Waals surface area (Å²) in [5.74, 6) is 0.181. The zero-order chi connectivity index (χ0) is 13.0. The summed E-state index contributed by atoms with van der Waals surface area (Å²) in [5, 5.41) is 0. The van der Waals surface area contributed by atoms with Gasteiger partial charge in [0, 0.05) is 38.4 Å². The number of likely N-dealkylation sites (tertiary alicyclic amines) is 1. The first-order valence-electron chi connectivity index (χ1n) is 6.75. The van der Waals surface area contributed by atoms with Gasteiger partial charge in [-0.1, -0.05) is 18.9 Å². The van der Waals surface area contributed by atoms with Crippen LogP contribution in [0.5, 0.6) is 0 Å². The summed E-state index contributed by atoms with van der Waals surface area (Å²) in [7, 11) is 3.99. The lowest BCUT2D eigenvalue weighted by atomic mass is 10.1. The van der Waals surface area contributed by atoms with Crippen molar-refractivity contribution in [3.8, 4) is 0 Å². The number of rotatable bonds is 2. The molecule has 1 aromatic rings. The van der Waals surface area contributed by atoms with E-state index in [-0.39, 0.29) is 5.91 Å².